The van der Waals surface area contributed by atoms with Gasteiger partial charge in [0.2, 0.25) is 0 Å². The number of ether oxygens (including phenoxy) is 2. The third-order valence-electron chi connectivity index (χ3n) is 5.25. The van der Waals surface area contributed by atoms with E-state index in [1.165, 1.54) is 0 Å². The van der Waals surface area contributed by atoms with Crippen LogP contribution in [-0.2, 0) is 13.1 Å². The molecule has 0 spiro atoms. The summed E-state index contributed by atoms with van der Waals surface area (Å²) in [5.74, 6) is 1.40. The van der Waals surface area contributed by atoms with Gasteiger partial charge in [-0.3, -0.25) is 0 Å². The van der Waals surface area contributed by atoms with Crippen molar-refractivity contribution in [1.29, 1.82) is 5.26 Å². The first kappa shape index (κ1) is 21.0. The minimum absolute atomic E-state index is 0.566. The summed E-state index contributed by atoms with van der Waals surface area (Å²) in [6, 6.07) is 23.9. The van der Waals surface area contributed by atoms with E-state index in [1.807, 2.05) is 60.8 Å². The summed E-state index contributed by atoms with van der Waals surface area (Å²) in [5, 5.41) is 14.7. The average Bonchev–Trinajstić information content (AvgIpc) is 3.19. The Hall–Kier alpha value is -4.24. The van der Waals surface area contributed by atoms with Gasteiger partial charge in [0.1, 0.15) is 0 Å². The van der Waals surface area contributed by atoms with Crippen LogP contribution in [0, 0.1) is 11.3 Å². The zero-order chi connectivity index (χ0) is 22.3. The zero-order valence-electron chi connectivity index (χ0n) is 18.1. The zero-order valence-corrected chi connectivity index (χ0v) is 18.1. The van der Waals surface area contributed by atoms with E-state index in [2.05, 4.69) is 39.5 Å². The van der Waals surface area contributed by atoms with E-state index in [4.69, 9.17) is 14.7 Å². The number of benzene rings is 3. The van der Waals surface area contributed by atoms with Crippen molar-refractivity contribution >= 4 is 17.1 Å². The van der Waals surface area contributed by atoms with Crippen molar-refractivity contribution in [1.82, 2.24) is 9.99 Å². The molecule has 1 aromatic heterocycles. The van der Waals surface area contributed by atoms with Crippen LogP contribution in [0.25, 0.3) is 10.9 Å². The Morgan fingerprint density at radius 1 is 0.969 bits per heavy atom. The van der Waals surface area contributed by atoms with Gasteiger partial charge in [0.15, 0.2) is 11.5 Å². The molecule has 0 unspecified atom stereocenters. The highest BCUT2D eigenvalue weighted by atomic mass is 16.5. The number of para-hydroxylation sites is 1. The maximum absolute atomic E-state index is 9.17. The molecule has 0 aliphatic carbocycles. The molecule has 6 nitrogen and oxygen atoms in total. The largest absolute Gasteiger partial charge is 0.493 e. The van der Waals surface area contributed by atoms with Crippen molar-refractivity contribution in [3.05, 3.63) is 95.2 Å². The van der Waals surface area contributed by atoms with Crippen LogP contribution in [0.2, 0.25) is 0 Å². The Kier molecular flexibility index (Phi) is 6.38. The van der Waals surface area contributed by atoms with E-state index in [-0.39, 0.29) is 0 Å². The molecule has 0 saturated carbocycles. The van der Waals surface area contributed by atoms with Gasteiger partial charge in [-0.05, 0) is 41.5 Å². The Morgan fingerprint density at radius 2 is 1.81 bits per heavy atom. The van der Waals surface area contributed by atoms with Gasteiger partial charge in [-0.15, -0.1) is 0 Å². The fourth-order valence-electron chi connectivity index (χ4n) is 3.69. The van der Waals surface area contributed by atoms with Crippen molar-refractivity contribution in [2.75, 3.05) is 14.2 Å². The fraction of sp³-hybridized carbons (Fsp3) is 0.154. The molecule has 0 aliphatic heterocycles. The monoisotopic (exact) mass is 424 g/mol. The van der Waals surface area contributed by atoms with Gasteiger partial charge < -0.3 is 19.5 Å². The predicted octanol–water partition coefficient (Wildman–Crippen LogP) is 4.70. The third-order valence-corrected chi connectivity index (χ3v) is 5.25. The minimum atomic E-state index is 0.566. The van der Waals surface area contributed by atoms with Crippen LogP contribution >= 0.6 is 0 Å². The Labute approximate surface area is 187 Å². The number of methoxy groups -OCH3 is 2. The van der Waals surface area contributed by atoms with Gasteiger partial charge in [0.05, 0.1) is 38.6 Å². The summed E-state index contributed by atoms with van der Waals surface area (Å²) in [6.07, 6.45) is 3.93. The van der Waals surface area contributed by atoms with Crippen molar-refractivity contribution in [3.63, 3.8) is 0 Å². The molecule has 4 rings (SSSR count). The quantitative estimate of drug-likeness (QED) is 0.329. The molecule has 32 heavy (non-hydrogen) atoms. The molecule has 0 saturated heterocycles. The molecule has 0 bridgehead atoms. The Bertz CT molecular complexity index is 1300. The molecular formula is C26H24N4O2. The summed E-state index contributed by atoms with van der Waals surface area (Å²) in [5.41, 5.74) is 8.04. The summed E-state index contributed by atoms with van der Waals surface area (Å²) < 4.78 is 12.8. The second kappa shape index (κ2) is 9.71. The molecule has 0 fully saturated rings. The molecule has 0 radical (unpaired) electrons. The van der Waals surface area contributed by atoms with E-state index in [1.54, 1.807) is 14.2 Å². The van der Waals surface area contributed by atoms with Crippen molar-refractivity contribution in [2.24, 2.45) is 5.10 Å². The highest BCUT2D eigenvalue weighted by Gasteiger charge is 2.08. The number of hydrogen-bond acceptors (Lipinski definition) is 5. The van der Waals surface area contributed by atoms with Gasteiger partial charge >= 0.3 is 0 Å². The number of nitrogens with zero attached hydrogens (tertiary/aromatic N) is 3. The number of fused-ring (bicyclic) bond motifs is 1. The first-order valence-electron chi connectivity index (χ1n) is 10.3. The third kappa shape index (κ3) is 4.57. The molecule has 1 N–H and O–H groups in total. The summed E-state index contributed by atoms with van der Waals surface area (Å²) in [6.45, 7) is 1.25. The van der Waals surface area contributed by atoms with Crippen molar-refractivity contribution in [2.45, 2.75) is 13.1 Å². The van der Waals surface area contributed by atoms with Gasteiger partial charge in [-0.2, -0.15) is 10.4 Å². The van der Waals surface area contributed by atoms with Crippen molar-refractivity contribution in [3.8, 4) is 17.6 Å². The van der Waals surface area contributed by atoms with Crippen LogP contribution in [0.5, 0.6) is 11.5 Å². The van der Waals surface area contributed by atoms with Gasteiger partial charge in [-0.25, -0.2) is 0 Å². The van der Waals surface area contributed by atoms with Gasteiger partial charge in [-0.1, -0.05) is 36.4 Å². The molecule has 3 aromatic carbocycles. The van der Waals surface area contributed by atoms with Crippen LogP contribution in [0.4, 0.5) is 0 Å². The van der Waals surface area contributed by atoms with Crippen LogP contribution < -0.4 is 14.9 Å². The van der Waals surface area contributed by atoms with Crippen LogP contribution in [0.15, 0.2) is 78.0 Å². The number of nitrogens with one attached hydrogen (secondary N) is 1. The normalized spacial score (nSPS) is 10.9. The number of nitriles is 1. The van der Waals surface area contributed by atoms with E-state index < -0.39 is 0 Å². The fourth-order valence-corrected chi connectivity index (χ4v) is 3.69. The van der Waals surface area contributed by atoms with E-state index in [0.717, 1.165) is 27.6 Å². The topological polar surface area (TPSA) is 71.6 Å². The lowest BCUT2D eigenvalue weighted by Gasteiger charge is -2.09. The Balaban J connectivity index is 1.51. The molecule has 0 amide bonds. The van der Waals surface area contributed by atoms with Crippen LogP contribution in [0.3, 0.4) is 0 Å². The second-order valence-electron chi connectivity index (χ2n) is 7.32. The number of hydrogen-bond donors (Lipinski definition) is 1. The number of aromatic nitrogens is 1. The van der Waals surface area contributed by atoms with Crippen LogP contribution in [-0.4, -0.2) is 25.0 Å². The predicted molar refractivity (Wildman–Crippen MR) is 126 cm³/mol. The molecule has 0 atom stereocenters. The van der Waals surface area contributed by atoms with E-state index in [9.17, 15) is 0 Å². The molecule has 6 heteroatoms. The minimum Gasteiger partial charge on any atom is -0.493 e. The lowest BCUT2D eigenvalue weighted by atomic mass is 10.1. The maximum atomic E-state index is 9.17. The lowest BCUT2D eigenvalue weighted by molar-refractivity contribution is 0.354. The summed E-state index contributed by atoms with van der Waals surface area (Å²) in [4.78, 5) is 0. The highest BCUT2D eigenvalue weighted by Crippen LogP contribution is 2.27. The summed E-state index contributed by atoms with van der Waals surface area (Å²) >= 11 is 0. The summed E-state index contributed by atoms with van der Waals surface area (Å²) in [7, 11) is 3.25. The SMILES string of the molecule is COc1ccc(CN/N=C/c2cn(Cc3cccc(C#N)c3)c3ccccc23)cc1OC. The van der Waals surface area contributed by atoms with Gasteiger partial charge in [0, 0.05) is 29.2 Å². The molecule has 1 heterocycles. The molecule has 160 valence electrons. The first-order valence-corrected chi connectivity index (χ1v) is 10.3. The van der Waals surface area contributed by atoms with E-state index in [0.29, 0.717) is 30.2 Å². The molecular weight excluding hydrogens is 400 g/mol. The number of hydrazone groups is 1. The Morgan fingerprint density at radius 3 is 2.62 bits per heavy atom. The molecule has 0 aliphatic rings. The number of rotatable bonds is 8. The highest BCUT2D eigenvalue weighted by molar-refractivity contribution is 5.99. The van der Waals surface area contributed by atoms with Crippen LogP contribution in [0.1, 0.15) is 22.3 Å². The maximum Gasteiger partial charge on any atom is 0.161 e. The smallest absolute Gasteiger partial charge is 0.161 e. The first-order chi connectivity index (χ1) is 15.7. The van der Waals surface area contributed by atoms with E-state index >= 15 is 0 Å². The molecule has 4 aromatic rings. The standard InChI is InChI=1S/C26H24N4O2/c1-31-25-11-10-20(13-26(25)32-2)15-28-29-16-22-18-30(24-9-4-3-8-23(22)24)17-21-7-5-6-19(12-21)14-27/h3-13,16,18,28H,15,17H2,1-2H3/b29-16+. The average molecular weight is 425 g/mol. The van der Waals surface area contributed by atoms with Gasteiger partial charge in [0.25, 0.3) is 0 Å². The van der Waals surface area contributed by atoms with Crippen molar-refractivity contribution < 1.29 is 9.47 Å². The second-order valence-corrected chi connectivity index (χ2v) is 7.32. The lowest BCUT2D eigenvalue weighted by Crippen LogP contribution is -2.06.